The first-order chi connectivity index (χ1) is 10.1. The number of ether oxygens (including phenoxy) is 2. The van der Waals surface area contributed by atoms with E-state index in [1.54, 1.807) is 14.2 Å². The van der Waals surface area contributed by atoms with Gasteiger partial charge in [0, 0.05) is 14.2 Å². The van der Waals surface area contributed by atoms with Gasteiger partial charge in [-0.3, -0.25) is 4.79 Å². The molecule has 0 aromatic heterocycles. The SMILES string of the molecule is CCCCc1ccc(C(CO)C(O)OC=O)cc1.COC. The summed E-state index contributed by atoms with van der Waals surface area (Å²) in [5, 5.41) is 18.8. The van der Waals surface area contributed by atoms with Crippen molar-refractivity contribution < 1.29 is 24.5 Å². The van der Waals surface area contributed by atoms with Gasteiger partial charge in [-0.05, 0) is 24.0 Å². The maximum Gasteiger partial charge on any atom is 0.295 e. The highest BCUT2D eigenvalue weighted by molar-refractivity contribution is 5.37. The third kappa shape index (κ3) is 7.80. The summed E-state index contributed by atoms with van der Waals surface area (Å²) in [7, 11) is 3.25. The second-order valence-electron chi connectivity index (χ2n) is 4.67. The molecule has 1 aromatic rings. The Morgan fingerprint density at radius 1 is 1.24 bits per heavy atom. The molecule has 1 rings (SSSR count). The molecule has 0 fully saturated rings. The van der Waals surface area contributed by atoms with Crippen LogP contribution >= 0.6 is 0 Å². The van der Waals surface area contributed by atoms with Crippen LogP contribution in [0.4, 0.5) is 0 Å². The quantitative estimate of drug-likeness (QED) is 0.566. The van der Waals surface area contributed by atoms with Crippen LogP contribution in [0.15, 0.2) is 24.3 Å². The standard InChI is InChI=1S/C14H20O4.C2H6O/c1-2-3-4-11-5-7-12(8-6-11)13(9-15)14(17)18-10-16;1-3-2/h5-8,10,13-15,17H,2-4,9H2,1H3;1-2H3. The monoisotopic (exact) mass is 298 g/mol. The van der Waals surface area contributed by atoms with Crippen molar-refractivity contribution in [2.75, 3.05) is 20.8 Å². The van der Waals surface area contributed by atoms with E-state index in [4.69, 9.17) is 0 Å². The molecule has 0 aliphatic rings. The highest BCUT2D eigenvalue weighted by atomic mass is 16.6. The van der Waals surface area contributed by atoms with Crippen LogP contribution in [0.1, 0.15) is 36.8 Å². The average molecular weight is 298 g/mol. The van der Waals surface area contributed by atoms with Crippen molar-refractivity contribution in [3.05, 3.63) is 35.4 Å². The molecule has 0 amide bonds. The molecule has 0 spiro atoms. The lowest BCUT2D eigenvalue weighted by molar-refractivity contribution is -0.157. The third-order valence-corrected chi connectivity index (χ3v) is 2.96. The molecule has 120 valence electrons. The minimum absolute atomic E-state index is 0.183. The molecular formula is C16H26O5. The molecule has 0 bridgehead atoms. The van der Waals surface area contributed by atoms with Crippen molar-refractivity contribution in [3.8, 4) is 0 Å². The van der Waals surface area contributed by atoms with Gasteiger partial charge in [-0.15, -0.1) is 0 Å². The highest BCUT2D eigenvalue weighted by Gasteiger charge is 2.21. The van der Waals surface area contributed by atoms with Gasteiger partial charge in [0.25, 0.3) is 6.47 Å². The van der Waals surface area contributed by atoms with E-state index >= 15 is 0 Å². The summed E-state index contributed by atoms with van der Waals surface area (Å²) >= 11 is 0. The molecule has 1 aromatic carbocycles. The molecule has 0 aliphatic carbocycles. The van der Waals surface area contributed by atoms with Crippen LogP contribution in [0, 0.1) is 0 Å². The molecule has 0 saturated heterocycles. The van der Waals surface area contributed by atoms with E-state index in [9.17, 15) is 15.0 Å². The molecule has 2 unspecified atom stereocenters. The number of aliphatic hydroxyl groups is 2. The molecule has 5 heteroatoms. The Labute approximate surface area is 126 Å². The van der Waals surface area contributed by atoms with E-state index < -0.39 is 12.2 Å². The van der Waals surface area contributed by atoms with Crippen molar-refractivity contribution in [1.29, 1.82) is 0 Å². The van der Waals surface area contributed by atoms with Crippen LogP contribution in [0.2, 0.25) is 0 Å². The average Bonchev–Trinajstić information content (AvgIpc) is 2.48. The van der Waals surface area contributed by atoms with E-state index in [-0.39, 0.29) is 13.1 Å². The Balaban J connectivity index is 0.00000122. The Bertz CT molecular complexity index is 363. The molecule has 2 N–H and O–H groups in total. The van der Waals surface area contributed by atoms with Crippen LogP contribution in [-0.4, -0.2) is 43.8 Å². The fourth-order valence-electron chi connectivity index (χ4n) is 1.82. The van der Waals surface area contributed by atoms with Crippen LogP contribution in [-0.2, 0) is 20.7 Å². The van der Waals surface area contributed by atoms with E-state index in [1.807, 2.05) is 24.3 Å². The molecule has 0 saturated carbocycles. The summed E-state index contributed by atoms with van der Waals surface area (Å²) < 4.78 is 8.71. The Morgan fingerprint density at radius 3 is 2.24 bits per heavy atom. The lowest BCUT2D eigenvalue weighted by atomic mass is 9.97. The van der Waals surface area contributed by atoms with Crippen molar-refractivity contribution >= 4 is 6.47 Å². The molecule has 5 nitrogen and oxygen atoms in total. The normalized spacial score (nSPS) is 12.8. The molecule has 2 atom stereocenters. The smallest absolute Gasteiger partial charge is 0.295 e. The van der Waals surface area contributed by atoms with Crippen LogP contribution < -0.4 is 0 Å². The molecule has 0 radical (unpaired) electrons. The van der Waals surface area contributed by atoms with Crippen LogP contribution in [0.5, 0.6) is 0 Å². The van der Waals surface area contributed by atoms with Gasteiger partial charge in [-0.2, -0.15) is 0 Å². The van der Waals surface area contributed by atoms with Crippen LogP contribution in [0.25, 0.3) is 0 Å². The summed E-state index contributed by atoms with van der Waals surface area (Å²) in [5.74, 6) is -0.601. The minimum atomic E-state index is -1.31. The van der Waals surface area contributed by atoms with Crippen molar-refractivity contribution in [3.63, 3.8) is 0 Å². The van der Waals surface area contributed by atoms with Gasteiger partial charge in [-0.1, -0.05) is 37.6 Å². The zero-order valence-corrected chi connectivity index (χ0v) is 13.0. The van der Waals surface area contributed by atoms with Gasteiger partial charge in [0.05, 0.1) is 12.5 Å². The summed E-state index contributed by atoms with van der Waals surface area (Å²) in [6, 6.07) is 7.65. The highest BCUT2D eigenvalue weighted by Crippen LogP contribution is 2.21. The first-order valence-corrected chi connectivity index (χ1v) is 7.01. The Kier molecular flexibility index (Phi) is 11.5. The largest absolute Gasteiger partial charge is 0.437 e. The number of hydrogen-bond acceptors (Lipinski definition) is 5. The zero-order chi connectivity index (χ0) is 16.1. The summed E-state index contributed by atoms with van der Waals surface area (Å²) in [4.78, 5) is 10.2. The maximum atomic E-state index is 10.2. The zero-order valence-electron chi connectivity index (χ0n) is 13.0. The second kappa shape index (κ2) is 12.3. The first kappa shape index (κ1) is 19.6. The van der Waals surface area contributed by atoms with E-state index in [2.05, 4.69) is 16.4 Å². The molecule has 21 heavy (non-hydrogen) atoms. The van der Waals surface area contributed by atoms with Gasteiger partial charge >= 0.3 is 0 Å². The number of benzene rings is 1. The predicted octanol–water partition coefficient (Wildman–Crippen LogP) is 1.86. The number of aryl methyl sites for hydroxylation is 1. The second-order valence-corrected chi connectivity index (χ2v) is 4.67. The minimum Gasteiger partial charge on any atom is -0.437 e. The number of methoxy groups -OCH3 is 1. The fourth-order valence-corrected chi connectivity index (χ4v) is 1.82. The van der Waals surface area contributed by atoms with Crippen molar-refractivity contribution in [2.24, 2.45) is 0 Å². The number of rotatable bonds is 8. The number of aliphatic hydroxyl groups excluding tert-OH is 2. The van der Waals surface area contributed by atoms with E-state index in [0.29, 0.717) is 0 Å². The van der Waals surface area contributed by atoms with E-state index in [0.717, 1.165) is 24.8 Å². The summed E-state index contributed by atoms with van der Waals surface area (Å²) in [6.45, 7) is 2.05. The van der Waals surface area contributed by atoms with Gasteiger partial charge in [-0.25, -0.2) is 0 Å². The topological polar surface area (TPSA) is 76.0 Å². The Hall–Kier alpha value is -1.43. The number of carbonyl (C=O) groups is 1. The lowest BCUT2D eigenvalue weighted by Gasteiger charge is -2.19. The summed E-state index contributed by atoms with van der Waals surface area (Å²) in [5.41, 5.74) is 1.98. The summed E-state index contributed by atoms with van der Waals surface area (Å²) in [6.07, 6.45) is 1.99. The number of hydrogen-bond donors (Lipinski definition) is 2. The van der Waals surface area contributed by atoms with Crippen molar-refractivity contribution in [2.45, 2.75) is 38.4 Å². The number of carbonyl (C=O) groups excluding carboxylic acids is 1. The lowest BCUT2D eigenvalue weighted by Crippen LogP contribution is -2.24. The van der Waals surface area contributed by atoms with Gasteiger partial charge in [0.15, 0.2) is 0 Å². The molecular weight excluding hydrogens is 272 g/mol. The molecule has 0 aliphatic heterocycles. The van der Waals surface area contributed by atoms with Gasteiger partial charge < -0.3 is 19.7 Å². The van der Waals surface area contributed by atoms with Crippen LogP contribution in [0.3, 0.4) is 0 Å². The number of unbranched alkanes of at least 4 members (excludes halogenated alkanes) is 1. The maximum absolute atomic E-state index is 10.2. The third-order valence-electron chi connectivity index (χ3n) is 2.96. The fraction of sp³-hybridized carbons (Fsp3) is 0.562. The van der Waals surface area contributed by atoms with Gasteiger partial charge in [0.2, 0.25) is 6.29 Å². The predicted molar refractivity (Wildman–Crippen MR) is 81.0 cm³/mol. The van der Waals surface area contributed by atoms with Crippen molar-refractivity contribution in [1.82, 2.24) is 0 Å². The van der Waals surface area contributed by atoms with E-state index in [1.165, 1.54) is 5.56 Å². The Morgan fingerprint density at radius 2 is 1.81 bits per heavy atom. The molecule has 0 heterocycles. The first-order valence-electron chi connectivity index (χ1n) is 7.01. The van der Waals surface area contributed by atoms with Gasteiger partial charge in [0.1, 0.15) is 0 Å².